The van der Waals surface area contributed by atoms with E-state index in [1.54, 1.807) is 0 Å². The second-order valence-corrected chi connectivity index (χ2v) is 12.0. The molecule has 3 nitrogen and oxygen atoms in total. The van der Waals surface area contributed by atoms with E-state index in [2.05, 4.69) is 13.8 Å². The quantitative estimate of drug-likeness (QED) is 0.218. The smallest absolute Gasteiger partial charge is 0.311 e. The fraction of sp³-hybridized carbons (Fsp3) is 0.731. The summed E-state index contributed by atoms with van der Waals surface area (Å²) in [5.41, 5.74) is 0.990. The van der Waals surface area contributed by atoms with E-state index < -0.39 is 12.0 Å². The minimum Gasteiger partial charge on any atom is -0.461 e. The minimum absolute atomic E-state index is 0.0498. The van der Waals surface area contributed by atoms with Crippen molar-refractivity contribution < 1.29 is 14.6 Å². The van der Waals surface area contributed by atoms with Crippen molar-refractivity contribution in [3.63, 3.8) is 0 Å². The zero-order valence-corrected chi connectivity index (χ0v) is 21.2. The Labute approximate surface area is 198 Å². The highest BCUT2D eigenvalue weighted by atomic mass is 32.2. The van der Waals surface area contributed by atoms with Crippen molar-refractivity contribution in [2.24, 2.45) is 5.92 Å². The number of rotatable bonds is 15. The molecule has 1 aliphatic heterocycles. The molecule has 0 aliphatic carbocycles. The zero-order chi connectivity index (χ0) is 22.4. The molecule has 0 amide bonds. The number of thioether (sulfide) groups is 2. The number of ether oxygens (including phenoxy) is 1. The fourth-order valence-corrected chi connectivity index (χ4v) is 7.67. The zero-order valence-electron chi connectivity index (χ0n) is 19.5. The van der Waals surface area contributed by atoms with E-state index in [4.69, 9.17) is 4.74 Å². The van der Waals surface area contributed by atoms with E-state index in [0.717, 1.165) is 42.8 Å². The molecular formula is C26H42O3S2. The predicted octanol–water partition coefficient (Wildman–Crippen LogP) is 7.21. The normalized spacial score (nSPS) is 17.8. The average Bonchev–Trinajstić information content (AvgIpc) is 2.79. The van der Waals surface area contributed by atoms with E-state index in [-0.39, 0.29) is 16.7 Å². The molecule has 1 aliphatic rings. The second-order valence-electron chi connectivity index (χ2n) is 8.74. The van der Waals surface area contributed by atoms with Crippen LogP contribution < -0.4 is 0 Å². The third kappa shape index (κ3) is 9.79. The molecule has 5 heteroatoms. The largest absolute Gasteiger partial charge is 0.461 e. The van der Waals surface area contributed by atoms with Gasteiger partial charge in [0.25, 0.3) is 0 Å². The molecular weight excluding hydrogens is 424 g/mol. The van der Waals surface area contributed by atoms with E-state index in [1.807, 2.05) is 53.9 Å². The maximum Gasteiger partial charge on any atom is 0.311 e. The van der Waals surface area contributed by atoms with Gasteiger partial charge in [0.2, 0.25) is 0 Å². The summed E-state index contributed by atoms with van der Waals surface area (Å²) in [6, 6.07) is 9.81. The number of aliphatic hydroxyl groups is 1. The molecule has 1 N–H and O–H groups in total. The Kier molecular flexibility index (Phi) is 13.1. The topological polar surface area (TPSA) is 46.5 Å². The number of aliphatic hydroxyl groups excluding tert-OH is 1. The van der Waals surface area contributed by atoms with E-state index >= 15 is 0 Å². The van der Waals surface area contributed by atoms with Gasteiger partial charge < -0.3 is 9.84 Å². The summed E-state index contributed by atoms with van der Waals surface area (Å²) in [7, 11) is 0. The number of unbranched alkanes of at least 4 members (excludes halogenated alkanes) is 5. The van der Waals surface area contributed by atoms with Gasteiger partial charge in [-0.25, -0.2) is 0 Å². The standard InChI is InChI=1S/C26H42O3S2/c1-3-5-7-11-16-23(25(28)29-21-22-14-9-8-10-15-22)24(27)20-26(17-12-6-4-2)30-18-13-19-31-26/h8-10,14-15,23-24,27H,3-7,11-13,16-21H2,1-2H3/t23-,24+/m0/s1. The minimum atomic E-state index is -0.635. The van der Waals surface area contributed by atoms with Crippen LogP contribution in [0.1, 0.15) is 90.0 Å². The number of benzene rings is 1. The van der Waals surface area contributed by atoms with Crippen LogP contribution in [0.25, 0.3) is 0 Å². The molecule has 0 radical (unpaired) electrons. The molecule has 0 aromatic heterocycles. The molecule has 1 aromatic carbocycles. The van der Waals surface area contributed by atoms with Crippen LogP contribution in [0.15, 0.2) is 30.3 Å². The van der Waals surface area contributed by atoms with Crippen molar-refractivity contribution in [2.75, 3.05) is 11.5 Å². The molecule has 0 unspecified atom stereocenters. The molecule has 1 aromatic rings. The van der Waals surface area contributed by atoms with Crippen molar-refractivity contribution >= 4 is 29.5 Å². The first-order valence-corrected chi connectivity index (χ1v) is 14.2. The number of carbonyl (C=O) groups excluding carboxylic acids is 1. The lowest BCUT2D eigenvalue weighted by Gasteiger charge is -2.39. The summed E-state index contributed by atoms with van der Waals surface area (Å²) in [4.78, 5) is 13.0. The van der Waals surface area contributed by atoms with Crippen LogP contribution in [-0.2, 0) is 16.1 Å². The molecule has 1 heterocycles. The predicted molar refractivity (Wildman–Crippen MR) is 136 cm³/mol. The van der Waals surface area contributed by atoms with Crippen LogP contribution in [0, 0.1) is 5.92 Å². The fourth-order valence-electron chi connectivity index (χ4n) is 4.18. The van der Waals surface area contributed by atoms with Gasteiger partial charge in [0, 0.05) is 0 Å². The van der Waals surface area contributed by atoms with Gasteiger partial charge in [-0.15, -0.1) is 23.5 Å². The van der Waals surface area contributed by atoms with Crippen LogP contribution in [-0.4, -0.2) is 32.8 Å². The maximum atomic E-state index is 13.0. The molecule has 0 bridgehead atoms. The number of esters is 1. The Morgan fingerprint density at radius 2 is 1.71 bits per heavy atom. The van der Waals surface area contributed by atoms with Crippen LogP contribution in [0.2, 0.25) is 0 Å². The summed E-state index contributed by atoms with van der Waals surface area (Å²) in [5.74, 6) is 1.66. The lowest BCUT2D eigenvalue weighted by atomic mass is 9.91. The van der Waals surface area contributed by atoms with E-state index in [0.29, 0.717) is 6.42 Å². The van der Waals surface area contributed by atoms with E-state index in [9.17, 15) is 9.90 Å². The first-order chi connectivity index (χ1) is 15.1. The third-order valence-corrected chi connectivity index (χ3v) is 9.55. The Morgan fingerprint density at radius 3 is 2.39 bits per heavy atom. The van der Waals surface area contributed by atoms with E-state index in [1.165, 1.54) is 38.5 Å². The van der Waals surface area contributed by atoms with Gasteiger partial charge in [0.1, 0.15) is 6.61 Å². The Hall–Kier alpha value is -0.650. The lowest BCUT2D eigenvalue weighted by molar-refractivity contribution is -0.154. The molecule has 2 rings (SSSR count). The lowest BCUT2D eigenvalue weighted by Crippen LogP contribution is -2.37. The highest BCUT2D eigenvalue weighted by Gasteiger charge is 2.39. The summed E-state index contributed by atoms with van der Waals surface area (Å²) < 4.78 is 5.73. The first-order valence-electron chi connectivity index (χ1n) is 12.3. The molecule has 2 atom stereocenters. The van der Waals surface area contributed by atoms with Crippen LogP contribution >= 0.6 is 23.5 Å². The SMILES string of the molecule is CCCCCC[C@H](C(=O)OCc1ccccc1)[C@H](O)CC1(CCCCC)SCCCS1. The summed E-state index contributed by atoms with van der Waals surface area (Å²) in [5, 5.41) is 11.3. The van der Waals surface area contributed by atoms with Crippen LogP contribution in [0.5, 0.6) is 0 Å². The van der Waals surface area contributed by atoms with Gasteiger partial charge in [0.15, 0.2) is 0 Å². The van der Waals surface area contributed by atoms with Gasteiger partial charge in [-0.05, 0) is 42.8 Å². The Balaban J connectivity index is 2.01. The van der Waals surface area contributed by atoms with Gasteiger partial charge in [-0.1, -0.05) is 89.1 Å². The molecule has 1 fully saturated rings. The molecule has 31 heavy (non-hydrogen) atoms. The van der Waals surface area contributed by atoms with Crippen molar-refractivity contribution in [2.45, 2.75) is 101 Å². The Bertz CT molecular complexity index is 602. The molecule has 0 spiro atoms. The molecule has 0 saturated carbocycles. The molecule has 1 saturated heterocycles. The number of hydrogen-bond acceptors (Lipinski definition) is 5. The van der Waals surface area contributed by atoms with Crippen molar-refractivity contribution in [3.8, 4) is 0 Å². The van der Waals surface area contributed by atoms with Crippen LogP contribution in [0.4, 0.5) is 0 Å². The summed E-state index contributed by atoms with van der Waals surface area (Å²) >= 11 is 4.02. The van der Waals surface area contributed by atoms with Crippen molar-refractivity contribution in [1.29, 1.82) is 0 Å². The van der Waals surface area contributed by atoms with Gasteiger partial charge >= 0.3 is 5.97 Å². The monoisotopic (exact) mass is 466 g/mol. The van der Waals surface area contributed by atoms with Crippen LogP contribution in [0.3, 0.4) is 0 Å². The highest BCUT2D eigenvalue weighted by molar-refractivity contribution is 8.18. The number of carbonyl (C=O) groups is 1. The Morgan fingerprint density at radius 1 is 1.03 bits per heavy atom. The summed E-state index contributed by atoms with van der Waals surface area (Å²) in [6.45, 7) is 4.71. The highest BCUT2D eigenvalue weighted by Crippen LogP contribution is 2.49. The maximum absolute atomic E-state index is 13.0. The first kappa shape index (κ1) is 26.6. The van der Waals surface area contributed by atoms with Crippen molar-refractivity contribution in [3.05, 3.63) is 35.9 Å². The van der Waals surface area contributed by atoms with Gasteiger partial charge in [0.05, 0.1) is 16.1 Å². The second kappa shape index (κ2) is 15.2. The van der Waals surface area contributed by atoms with Gasteiger partial charge in [-0.2, -0.15) is 0 Å². The number of hydrogen-bond donors (Lipinski definition) is 1. The van der Waals surface area contributed by atoms with Crippen molar-refractivity contribution in [1.82, 2.24) is 0 Å². The average molecular weight is 467 g/mol. The molecule has 176 valence electrons. The summed E-state index contributed by atoms with van der Waals surface area (Å²) in [6.07, 6.45) is 11.2. The third-order valence-electron chi connectivity index (χ3n) is 6.06. The van der Waals surface area contributed by atoms with Gasteiger partial charge in [-0.3, -0.25) is 4.79 Å².